The number of aromatic nitrogens is 2. The van der Waals surface area contributed by atoms with Gasteiger partial charge >= 0.3 is 0 Å². The number of thioether (sulfide) groups is 1. The van der Waals surface area contributed by atoms with Crippen LogP contribution in [0.2, 0.25) is 0 Å². The molecule has 1 aromatic carbocycles. The summed E-state index contributed by atoms with van der Waals surface area (Å²) in [6, 6.07) is 8.00. The number of aryl methyl sites for hydroxylation is 1. The summed E-state index contributed by atoms with van der Waals surface area (Å²) in [5.74, 6) is 1.45. The van der Waals surface area contributed by atoms with Gasteiger partial charge in [-0.2, -0.15) is 0 Å². The maximum Gasteiger partial charge on any atom is 0.233 e. The van der Waals surface area contributed by atoms with Crippen molar-refractivity contribution in [2.45, 2.75) is 11.3 Å². The molecule has 0 spiro atoms. The lowest BCUT2D eigenvalue weighted by molar-refractivity contribution is -0.128. The maximum absolute atomic E-state index is 12.4. The number of para-hydroxylation sites is 2. The molecule has 1 saturated heterocycles. The number of rotatable bonds is 5. The Bertz CT molecular complexity index is 699. The molecule has 0 saturated carbocycles. The summed E-state index contributed by atoms with van der Waals surface area (Å²) >= 11 is 2.99. The van der Waals surface area contributed by atoms with Gasteiger partial charge in [-0.15, -0.1) is 10.2 Å². The first-order valence-corrected chi connectivity index (χ1v) is 9.56. The van der Waals surface area contributed by atoms with Crippen molar-refractivity contribution in [3.05, 3.63) is 29.3 Å². The minimum Gasteiger partial charge on any atom is -0.495 e. The van der Waals surface area contributed by atoms with Gasteiger partial charge in [-0.3, -0.25) is 4.79 Å². The summed E-state index contributed by atoms with van der Waals surface area (Å²) in [7, 11) is 1.69. The van der Waals surface area contributed by atoms with Crippen molar-refractivity contribution < 1.29 is 9.53 Å². The number of ether oxygens (including phenoxy) is 1. The fraction of sp³-hybridized carbons (Fsp3) is 0.438. The average molecular weight is 364 g/mol. The first-order valence-electron chi connectivity index (χ1n) is 7.76. The third kappa shape index (κ3) is 3.99. The number of anilines is 1. The Morgan fingerprint density at radius 2 is 2.00 bits per heavy atom. The molecular weight excluding hydrogens is 344 g/mol. The Labute approximate surface area is 149 Å². The van der Waals surface area contributed by atoms with Gasteiger partial charge in [-0.05, 0) is 19.1 Å². The SMILES string of the molecule is COc1ccccc1N1CCN(C(=O)CSc2nnc(C)s2)CC1. The van der Waals surface area contributed by atoms with E-state index in [1.54, 1.807) is 7.11 Å². The van der Waals surface area contributed by atoms with Crippen LogP contribution in [0.5, 0.6) is 5.75 Å². The van der Waals surface area contributed by atoms with Crippen LogP contribution in [0.3, 0.4) is 0 Å². The van der Waals surface area contributed by atoms with Gasteiger partial charge in [0.1, 0.15) is 10.8 Å². The lowest BCUT2D eigenvalue weighted by Gasteiger charge is -2.36. The standard InChI is InChI=1S/C16H20N4O2S2/c1-12-17-18-16(24-12)23-11-15(21)20-9-7-19(8-10-20)13-5-3-4-6-14(13)22-2/h3-6H,7-11H2,1-2H3. The van der Waals surface area contributed by atoms with Crippen molar-refractivity contribution in [2.75, 3.05) is 43.9 Å². The normalized spacial score (nSPS) is 14.8. The highest BCUT2D eigenvalue weighted by molar-refractivity contribution is 8.01. The van der Waals surface area contributed by atoms with Gasteiger partial charge in [0.05, 0.1) is 18.6 Å². The zero-order valence-corrected chi connectivity index (χ0v) is 15.4. The molecular formula is C16H20N4O2S2. The van der Waals surface area contributed by atoms with E-state index in [0.29, 0.717) is 5.75 Å². The van der Waals surface area contributed by atoms with Gasteiger partial charge in [-0.25, -0.2) is 0 Å². The molecule has 0 aliphatic carbocycles. The summed E-state index contributed by atoms with van der Waals surface area (Å²) in [5, 5.41) is 8.94. The minimum atomic E-state index is 0.160. The quantitative estimate of drug-likeness (QED) is 0.759. The summed E-state index contributed by atoms with van der Waals surface area (Å²) in [4.78, 5) is 16.6. The second-order valence-electron chi connectivity index (χ2n) is 5.42. The number of hydrogen-bond acceptors (Lipinski definition) is 7. The zero-order valence-electron chi connectivity index (χ0n) is 13.8. The van der Waals surface area contributed by atoms with Crippen molar-refractivity contribution in [2.24, 2.45) is 0 Å². The number of nitrogens with zero attached hydrogens (tertiary/aromatic N) is 4. The largest absolute Gasteiger partial charge is 0.495 e. The van der Waals surface area contributed by atoms with E-state index in [2.05, 4.69) is 21.2 Å². The van der Waals surface area contributed by atoms with Crippen LogP contribution in [-0.4, -0.2) is 60.0 Å². The van der Waals surface area contributed by atoms with Crippen molar-refractivity contribution in [3.8, 4) is 5.75 Å². The second kappa shape index (κ2) is 7.85. The fourth-order valence-electron chi connectivity index (χ4n) is 2.64. The van der Waals surface area contributed by atoms with Crippen LogP contribution in [0, 0.1) is 6.92 Å². The molecule has 1 amide bonds. The molecule has 1 fully saturated rings. The first kappa shape index (κ1) is 17.0. The van der Waals surface area contributed by atoms with Crippen molar-refractivity contribution in [1.82, 2.24) is 15.1 Å². The van der Waals surface area contributed by atoms with Crippen molar-refractivity contribution in [3.63, 3.8) is 0 Å². The number of benzene rings is 1. The molecule has 2 heterocycles. The van der Waals surface area contributed by atoms with Crippen LogP contribution < -0.4 is 9.64 Å². The Morgan fingerprint density at radius 1 is 1.25 bits per heavy atom. The van der Waals surface area contributed by atoms with E-state index >= 15 is 0 Å². The summed E-state index contributed by atoms with van der Waals surface area (Å²) in [5.41, 5.74) is 1.09. The Hall–Kier alpha value is -1.80. The lowest BCUT2D eigenvalue weighted by atomic mass is 10.2. The minimum absolute atomic E-state index is 0.160. The van der Waals surface area contributed by atoms with Gasteiger partial charge < -0.3 is 14.5 Å². The molecule has 6 nitrogen and oxygen atoms in total. The first-order chi connectivity index (χ1) is 11.7. The molecule has 0 N–H and O–H groups in total. The number of piperazine rings is 1. The number of amides is 1. The molecule has 2 aromatic rings. The van der Waals surface area contributed by atoms with Gasteiger partial charge in [0.25, 0.3) is 0 Å². The maximum atomic E-state index is 12.4. The molecule has 8 heteroatoms. The third-order valence-corrected chi connectivity index (χ3v) is 5.84. The van der Waals surface area contributed by atoms with Gasteiger partial charge in [-0.1, -0.05) is 35.2 Å². The van der Waals surface area contributed by atoms with E-state index in [1.807, 2.05) is 30.0 Å². The molecule has 0 bridgehead atoms. The van der Waals surface area contributed by atoms with E-state index in [-0.39, 0.29) is 5.91 Å². The molecule has 0 atom stereocenters. The predicted octanol–water partition coefficient (Wildman–Crippen LogP) is 2.30. The number of carbonyl (C=O) groups is 1. The van der Waals surface area contributed by atoms with Crippen molar-refractivity contribution >= 4 is 34.7 Å². The highest BCUT2D eigenvalue weighted by Gasteiger charge is 2.23. The van der Waals surface area contributed by atoms with Crippen LogP contribution in [-0.2, 0) is 4.79 Å². The summed E-state index contributed by atoms with van der Waals surface area (Å²) in [6.07, 6.45) is 0. The predicted molar refractivity (Wildman–Crippen MR) is 97.2 cm³/mol. The topological polar surface area (TPSA) is 58.6 Å². The molecule has 0 unspecified atom stereocenters. The van der Waals surface area contributed by atoms with Gasteiger partial charge in [0.2, 0.25) is 5.91 Å². The third-order valence-electron chi connectivity index (χ3n) is 3.88. The van der Waals surface area contributed by atoms with E-state index in [9.17, 15) is 4.79 Å². The van der Waals surface area contributed by atoms with Crippen LogP contribution in [0.1, 0.15) is 5.01 Å². The van der Waals surface area contributed by atoms with Crippen molar-refractivity contribution in [1.29, 1.82) is 0 Å². The average Bonchev–Trinajstić information content (AvgIpc) is 3.05. The van der Waals surface area contributed by atoms with Crippen LogP contribution in [0.25, 0.3) is 0 Å². The fourth-order valence-corrected chi connectivity index (χ4v) is 4.36. The van der Waals surface area contributed by atoms with E-state index < -0.39 is 0 Å². The Balaban J connectivity index is 1.52. The second-order valence-corrected chi connectivity index (χ2v) is 7.82. The zero-order chi connectivity index (χ0) is 16.9. The van der Waals surface area contributed by atoms with E-state index in [1.165, 1.54) is 23.1 Å². The number of carbonyl (C=O) groups excluding carboxylic acids is 1. The number of hydrogen-bond donors (Lipinski definition) is 0. The molecule has 1 aromatic heterocycles. The highest BCUT2D eigenvalue weighted by atomic mass is 32.2. The van der Waals surface area contributed by atoms with Gasteiger partial charge in [0.15, 0.2) is 4.34 Å². The van der Waals surface area contributed by atoms with E-state index in [4.69, 9.17) is 4.74 Å². The molecule has 0 radical (unpaired) electrons. The van der Waals surface area contributed by atoms with Gasteiger partial charge in [0, 0.05) is 26.2 Å². The van der Waals surface area contributed by atoms with Crippen LogP contribution in [0.4, 0.5) is 5.69 Å². The summed E-state index contributed by atoms with van der Waals surface area (Å²) < 4.78 is 6.28. The smallest absolute Gasteiger partial charge is 0.233 e. The number of methoxy groups -OCH3 is 1. The molecule has 1 aliphatic rings. The monoisotopic (exact) mass is 364 g/mol. The molecule has 24 heavy (non-hydrogen) atoms. The lowest BCUT2D eigenvalue weighted by Crippen LogP contribution is -2.49. The van der Waals surface area contributed by atoms with Crippen LogP contribution >= 0.6 is 23.1 Å². The van der Waals surface area contributed by atoms with Crippen LogP contribution in [0.15, 0.2) is 28.6 Å². The van der Waals surface area contributed by atoms with E-state index in [0.717, 1.165) is 47.0 Å². The summed E-state index contributed by atoms with van der Waals surface area (Å²) in [6.45, 7) is 5.00. The molecule has 3 rings (SSSR count). The Morgan fingerprint density at radius 3 is 2.67 bits per heavy atom. The highest BCUT2D eigenvalue weighted by Crippen LogP contribution is 2.28. The molecule has 1 aliphatic heterocycles. The molecule has 128 valence electrons. The Kier molecular flexibility index (Phi) is 5.57.